The van der Waals surface area contributed by atoms with E-state index in [1.54, 1.807) is 7.11 Å². The number of likely N-dealkylation sites (N-methyl/N-ethyl adjacent to an activating group) is 1. The van der Waals surface area contributed by atoms with Gasteiger partial charge in [-0.15, -0.1) is 11.3 Å². The molecule has 72 heavy (non-hydrogen) atoms. The number of carbonyl (C=O) groups excluding carboxylic acids is 3. The summed E-state index contributed by atoms with van der Waals surface area (Å²) >= 11 is 1.45. The van der Waals surface area contributed by atoms with Crippen LogP contribution >= 0.6 is 11.3 Å². The van der Waals surface area contributed by atoms with Gasteiger partial charge in [0, 0.05) is 85.1 Å². The fraction of sp³-hybridized carbons (Fsp3) is 0.655. The lowest BCUT2D eigenvalue weighted by molar-refractivity contribution is -0.157. The van der Waals surface area contributed by atoms with Gasteiger partial charge < -0.3 is 43.5 Å². The summed E-state index contributed by atoms with van der Waals surface area (Å²) in [6.45, 7) is 22.2. The molecule has 4 fully saturated rings. The summed E-state index contributed by atoms with van der Waals surface area (Å²) in [5.74, 6) is -0.463. The number of nitrogens with zero attached hydrogens (tertiary/aromatic N) is 7. The van der Waals surface area contributed by atoms with Gasteiger partial charge in [-0.1, -0.05) is 33.8 Å². The number of hydrogen-bond donors (Lipinski definition) is 2. The molecule has 1 aromatic carbocycles. The second-order valence-corrected chi connectivity index (χ2v) is 23.4. The summed E-state index contributed by atoms with van der Waals surface area (Å²) in [7, 11) is 6.04. The molecular formula is C55H79N9O7S. The first-order valence-corrected chi connectivity index (χ1v) is 27.4. The van der Waals surface area contributed by atoms with E-state index in [1.165, 1.54) is 16.3 Å². The zero-order valence-corrected chi connectivity index (χ0v) is 45.2. The Morgan fingerprint density at radius 1 is 0.986 bits per heavy atom. The SMILES string of the molecule is CO[C@@H](C)c1ncc(N2CCN(C)CC2)cc1-c1c2c3cc(ccc3n1CCOC(C)C)-c1csc(n1)[C@@H](OCC1CCN(C)CC1)[C@H](NC(=O)C1[C@@H](C)[C@H]1C)C(=O)N1CCC[C@H](N1)C(=O)OCC(C)(C)C2. The number of benzene rings is 1. The summed E-state index contributed by atoms with van der Waals surface area (Å²) in [5.41, 5.74) is 10.5. The normalized spacial score (nSPS) is 26.2. The van der Waals surface area contributed by atoms with Crippen molar-refractivity contribution in [3.8, 4) is 22.5 Å². The Labute approximate surface area is 430 Å². The lowest BCUT2D eigenvalue weighted by Gasteiger charge is -2.37. The third-order valence-electron chi connectivity index (χ3n) is 16.1. The second kappa shape index (κ2) is 22.2. The Bertz CT molecular complexity index is 2560. The van der Waals surface area contributed by atoms with E-state index < -0.39 is 29.6 Å². The number of cyclic esters (lactones) is 1. The number of hydrogen-bond acceptors (Lipinski definition) is 14. The first-order chi connectivity index (χ1) is 34.5. The number of methoxy groups -OCH3 is 1. The van der Waals surface area contributed by atoms with Crippen molar-refractivity contribution in [2.45, 2.75) is 118 Å². The predicted octanol–water partition coefficient (Wildman–Crippen LogP) is 7.12. The minimum atomic E-state index is -1.10. The molecule has 9 rings (SSSR count). The van der Waals surface area contributed by atoms with Crippen molar-refractivity contribution in [1.29, 1.82) is 0 Å². The van der Waals surface area contributed by atoms with Crippen LogP contribution in [-0.2, 0) is 46.3 Å². The highest BCUT2D eigenvalue weighted by atomic mass is 32.1. The average molecular weight is 1010 g/mol. The van der Waals surface area contributed by atoms with Gasteiger partial charge in [0.25, 0.3) is 5.91 Å². The minimum Gasteiger partial charge on any atom is -0.464 e. The second-order valence-electron chi connectivity index (χ2n) is 22.5. The molecule has 16 nitrogen and oxygen atoms in total. The van der Waals surface area contributed by atoms with Crippen LogP contribution in [0, 0.1) is 29.1 Å². The van der Waals surface area contributed by atoms with Crippen LogP contribution in [0.3, 0.4) is 0 Å². The Morgan fingerprint density at radius 3 is 2.43 bits per heavy atom. The van der Waals surface area contributed by atoms with Crippen molar-refractivity contribution in [2.75, 3.05) is 91.7 Å². The standard InChI is InChI=1S/C55H79N9O7S/c1-33(2)69-25-24-63-45-14-13-38-26-40(45)42(49(63)41-27-39(29-56-47(41)36(5)68-10)62-22-20-61(9)21-23-62)28-55(6,7)32-71-54(67)43-12-11-17-64(59-43)53(66)48(58-51(65)46-34(3)35(46)4)50(52-57-44(38)31-72-52)70-30-37-15-18-60(8)19-16-37/h13-14,26-27,29,31,33-37,43,46,48,50,59H,11-12,15-25,28,30,32H2,1-10H3,(H,58,65)/t34-,35+,36-,43-,46?,48-,50-/m0/s1. The lowest BCUT2D eigenvalue weighted by atomic mass is 9.84. The van der Waals surface area contributed by atoms with Crippen molar-refractivity contribution >= 4 is 45.7 Å². The predicted molar refractivity (Wildman–Crippen MR) is 281 cm³/mol. The zero-order chi connectivity index (χ0) is 51.0. The third kappa shape index (κ3) is 11.4. The van der Waals surface area contributed by atoms with Crippen LogP contribution in [0.2, 0.25) is 0 Å². The summed E-state index contributed by atoms with van der Waals surface area (Å²) in [4.78, 5) is 61.2. The van der Waals surface area contributed by atoms with Crippen molar-refractivity contribution in [2.24, 2.45) is 29.1 Å². The number of nitrogens with one attached hydrogen (secondary N) is 2. The van der Waals surface area contributed by atoms with Crippen LogP contribution in [-0.4, -0.2) is 152 Å². The molecule has 6 bridgehead atoms. The third-order valence-corrected chi connectivity index (χ3v) is 17.0. The maximum atomic E-state index is 15.1. The van der Waals surface area contributed by atoms with Gasteiger partial charge in [0.2, 0.25) is 5.91 Å². The smallest absolute Gasteiger partial charge is 0.324 e. The molecule has 7 heterocycles. The molecule has 1 saturated carbocycles. The van der Waals surface area contributed by atoms with E-state index >= 15 is 4.79 Å². The van der Waals surface area contributed by atoms with Crippen LogP contribution in [0.1, 0.15) is 103 Å². The Kier molecular flexibility index (Phi) is 16.1. The van der Waals surface area contributed by atoms with Crippen LogP contribution in [0.5, 0.6) is 0 Å². The maximum absolute atomic E-state index is 15.1. The number of anilines is 1. The number of thiazole rings is 1. The molecule has 392 valence electrons. The molecule has 2 N–H and O–H groups in total. The monoisotopic (exact) mass is 1010 g/mol. The lowest BCUT2D eigenvalue weighted by Crippen LogP contribution is -2.61. The van der Waals surface area contributed by atoms with E-state index in [0.717, 1.165) is 102 Å². The Morgan fingerprint density at radius 2 is 1.72 bits per heavy atom. The fourth-order valence-electron chi connectivity index (χ4n) is 11.2. The molecule has 4 aromatic rings. The quantitative estimate of drug-likeness (QED) is 0.131. The first-order valence-electron chi connectivity index (χ1n) is 26.5. The Balaban J connectivity index is 1.21. The van der Waals surface area contributed by atoms with E-state index in [0.29, 0.717) is 50.6 Å². The van der Waals surface area contributed by atoms with Crippen molar-refractivity contribution in [3.05, 3.63) is 52.1 Å². The van der Waals surface area contributed by atoms with Gasteiger partial charge in [0.15, 0.2) is 0 Å². The van der Waals surface area contributed by atoms with Gasteiger partial charge in [-0.3, -0.25) is 24.4 Å². The molecule has 4 aliphatic heterocycles. The van der Waals surface area contributed by atoms with Crippen molar-refractivity contribution < 1.29 is 33.3 Å². The number of likely N-dealkylation sites (tertiary alicyclic amines) is 1. The van der Waals surface area contributed by atoms with Crippen LogP contribution in [0.4, 0.5) is 5.69 Å². The number of carbonyl (C=O) groups is 3. The number of aromatic nitrogens is 3. The van der Waals surface area contributed by atoms with Gasteiger partial charge in [-0.2, -0.15) is 0 Å². The highest BCUT2D eigenvalue weighted by Crippen LogP contribution is 2.46. The topological polar surface area (TPSA) is 156 Å². The number of hydrazine groups is 1. The van der Waals surface area contributed by atoms with E-state index in [1.807, 2.05) is 18.5 Å². The highest BCUT2D eigenvalue weighted by Gasteiger charge is 2.50. The summed E-state index contributed by atoms with van der Waals surface area (Å²) in [6.07, 6.45) is 4.43. The molecule has 5 aliphatic rings. The van der Waals surface area contributed by atoms with Crippen LogP contribution in [0.25, 0.3) is 33.4 Å². The average Bonchev–Trinajstić information content (AvgIpc) is 3.62. The Hall–Kier alpha value is -4.49. The number of amides is 2. The molecule has 2 amide bonds. The number of pyridine rings is 1. The number of piperazine rings is 1. The molecule has 1 unspecified atom stereocenters. The fourth-order valence-corrected chi connectivity index (χ4v) is 12.1. The van der Waals surface area contributed by atoms with Crippen molar-refractivity contribution in [1.82, 2.24) is 40.1 Å². The van der Waals surface area contributed by atoms with Gasteiger partial charge >= 0.3 is 5.97 Å². The number of piperidine rings is 1. The van der Waals surface area contributed by atoms with Crippen LogP contribution < -0.4 is 15.6 Å². The summed E-state index contributed by atoms with van der Waals surface area (Å²) in [6, 6.07) is 7.00. The molecular weight excluding hydrogens is 931 g/mol. The molecule has 3 saturated heterocycles. The van der Waals surface area contributed by atoms with Gasteiger partial charge in [0.1, 0.15) is 23.2 Å². The number of rotatable bonds is 13. The number of fused-ring (bicyclic) bond motifs is 6. The molecule has 1 aliphatic carbocycles. The highest BCUT2D eigenvalue weighted by molar-refractivity contribution is 7.10. The largest absolute Gasteiger partial charge is 0.464 e. The van der Waals surface area contributed by atoms with Gasteiger partial charge in [0.05, 0.1) is 61.0 Å². The molecule has 17 heteroatoms. The summed E-state index contributed by atoms with van der Waals surface area (Å²) < 4.78 is 28.0. The summed E-state index contributed by atoms with van der Waals surface area (Å²) in [5, 5.41) is 8.43. The van der Waals surface area contributed by atoms with Crippen molar-refractivity contribution in [3.63, 3.8) is 0 Å². The number of esters is 1. The first kappa shape index (κ1) is 52.4. The number of ether oxygens (including phenoxy) is 4. The molecule has 7 atom stereocenters. The van der Waals surface area contributed by atoms with Gasteiger partial charge in [-0.05, 0) is 122 Å². The van der Waals surface area contributed by atoms with E-state index in [4.69, 9.17) is 28.9 Å². The van der Waals surface area contributed by atoms with E-state index in [2.05, 4.69) is 110 Å². The minimum absolute atomic E-state index is 0.0446. The van der Waals surface area contributed by atoms with E-state index in [9.17, 15) is 9.59 Å². The van der Waals surface area contributed by atoms with Gasteiger partial charge in [-0.25, -0.2) is 10.4 Å². The molecule has 0 radical (unpaired) electrons. The zero-order valence-electron chi connectivity index (χ0n) is 44.4. The van der Waals surface area contributed by atoms with Crippen LogP contribution in [0.15, 0.2) is 35.8 Å². The maximum Gasteiger partial charge on any atom is 0.324 e. The molecule has 0 spiro atoms. The molecule has 3 aromatic heterocycles. The van der Waals surface area contributed by atoms with E-state index in [-0.39, 0.29) is 54.3 Å².